The van der Waals surface area contributed by atoms with Crippen LogP contribution in [-0.2, 0) is 15.0 Å². The Kier molecular flexibility index (Phi) is 6.91. The Labute approximate surface area is 185 Å². The summed E-state index contributed by atoms with van der Waals surface area (Å²) in [7, 11) is -0.933. The molecule has 8 heteroatoms. The molecule has 0 fully saturated rings. The van der Waals surface area contributed by atoms with Gasteiger partial charge in [-0.25, -0.2) is 4.31 Å². The molecule has 1 aliphatic heterocycles. The molecule has 7 nitrogen and oxygen atoms in total. The first-order valence-corrected chi connectivity index (χ1v) is 11.9. The fourth-order valence-corrected chi connectivity index (χ4v) is 4.96. The third kappa shape index (κ3) is 4.85. The Bertz CT molecular complexity index is 1000. The molecule has 0 saturated carbocycles. The van der Waals surface area contributed by atoms with Crippen LogP contribution in [0.25, 0.3) is 0 Å². The molecule has 3 rings (SSSR count). The first-order chi connectivity index (χ1) is 14.7. The molecular weight excluding hydrogens is 414 g/mol. The zero-order chi connectivity index (χ0) is 22.6. The number of nitrogens with one attached hydrogen (secondary N) is 1. The Morgan fingerprint density at radius 3 is 2.29 bits per heavy atom. The molecule has 0 spiro atoms. The van der Waals surface area contributed by atoms with E-state index in [-0.39, 0.29) is 24.1 Å². The molecule has 0 aliphatic carbocycles. The number of hydrogen-bond acceptors (Lipinski definition) is 4. The first-order valence-electron chi connectivity index (χ1n) is 10.5. The predicted molar refractivity (Wildman–Crippen MR) is 122 cm³/mol. The van der Waals surface area contributed by atoms with Crippen LogP contribution in [0.3, 0.4) is 0 Å². The maximum atomic E-state index is 13.1. The molecule has 168 valence electrons. The molecule has 1 atom stereocenters. The number of carbonyl (C=O) groups is 1. The minimum atomic E-state index is -3.84. The molecule has 2 aromatic rings. The normalized spacial score (nSPS) is 17.5. The van der Waals surface area contributed by atoms with Gasteiger partial charge in [0.25, 0.3) is 0 Å². The highest BCUT2D eigenvalue weighted by Gasteiger charge is 2.39. The van der Waals surface area contributed by atoms with Crippen molar-refractivity contribution in [3.05, 3.63) is 60.2 Å². The Balaban J connectivity index is 1.87. The van der Waals surface area contributed by atoms with E-state index in [0.717, 1.165) is 32.8 Å². The summed E-state index contributed by atoms with van der Waals surface area (Å²) in [5.74, 6) is 0.403. The van der Waals surface area contributed by atoms with Gasteiger partial charge in [0, 0.05) is 26.1 Å². The van der Waals surface area contributed by atoms with E-state index in [4.69, 9.17) is 4.74 Å². The van der Waals surface area contributed by atoms with Crippen molar-refractivity contribution in [3.63, 3.8) is 0 Å². The molecule has 0 aromatic heterocycles. The van der Waals surface area contributed by atoms with Gasteiger partial charge in [-0.3, -0.25) is 4.79 Å². The largest absolute Gasteiger partial charge is 0.487 e. The lowest BCUT2D eigenvalue weighted by molar-refractivity contribution is -0.121. The third-order valence-electron chi connectivity index (χ3n) is 5.89. The highest BCUT2D eigenvalue weighted by Crippen LogP contribution is 2.42. The van der Waals surface area contributed by atoms with Crippen LogP contribution in [0.15, 0.2) is 54.6 Å². The smallest absolute Gasteiger partial charge is 0.304 e. The van der Waals surface area contributed by atoms with Gasteiger partial charge in [-0.05, 0) is 31.0 Å². The van der Waals surface area contributed by atoms with Crippen LogP contribution >= 0.6 is 0 Å². The van der Waals surface area contributed by atoms with E-state index in [0.29, 0.717) is 12.1 Å². The van der Waals surface area contributed by atoms with Crippen molar-refractivity contribution < 1.29 is 17.9 Å². The van der Waals surface area contributed by atoms with Crippen LogP contribution in [-0.4, -0.2) is 44.9 Å². The number of fused-ring (bicyclic) bond motifs is 1. The molecule has 0 radical (unpaired) electrons. The highest BCUT2D eigenvalue weighted by molar-refractivity contribution is 7.90. The number of para-hydroxylation sites is 2. The van der Waals surface area contributed by atoms with Gasteiger partial charge < -0.3 is 10.1 Å². The van der Waals surface area contributed by atoms with E-state index in [1.54, 1.807) is 30.3 Å². The van der Waals surface area contributed by atoms with E-state index in [1.807, 2.05) is 24.3 Å². The van der Waals surface area contributed by atoms with Gasteiger partial charge in [0.2, 0.25) is 5.91 Å². The molecule has 31 heavy (non-hydrogen) atoms. The van der Waals surface area contributed by atoms with Crippen LogP contribution in [0.1, 0.15) is 44.7 Å². The average molecular weight is 446 g/mol. The van der Waals surface area contributed by atoms with E-state index in [2.05, 4.69) is 19.2 Å². The molecule has 0 bridgehead atoms. The van der Waals surface area contributed by atoms with Gasteiger partial charge in [-0.1, -0.05) is 50.2 Å². The summed E-state index contributed by atoms with van der Waals surface area (Å²) in [6, 6.07) is 16.1. The van der Waals surface area contributed by atoms with Crippen molar-refractivity contribution in [1.82, 2.24) is 9.62 Å². The summed E-state index contributed by atoms with van der Waals surface area (Å²) in [5.41, 5.74) is 0.992. The van der Waals surface area contributed by atoms with Crippen LogP contribution in [0.2, 0.25) is 0 Å². The average Bonchev–Trinajstić information content (AvgIpc) is 2.77. The van der Waals surface area contributed by atoms with E-state index in [1.165, 1.54) is 14.1 Å². The van der Waals surface area contributed by atoms with Crippen LogP contribution in [0.5, 0.6) is 5.75 Å². The van der Waals surface area contributed by atoms with Crippen molar-refractivity contribution >= 4 is 21.8 Å². The van der Waals surface area contributed by atoms with Gasteiger partial charge in [-0.15, -0.1) is 0 Å². The number of benzene rings is 2. The fraction of sp³-hybridized carbons (Fsp3) is 0.435. The van der Waals surface area contributed by atoms with Gasteiger partial charge in [0.1, 0.15) is 17.9 Å². The molecule has 1 N–H and O–H groups in total. The Morgan fingerprint density at radius 1 is 1.06 bits per heavy atom. The summed E-state index contributed by atoms with van der Waals surface area (Å²) in [4.78, 5) is 13.1. The van der Waals surface area contributed by atoms with Gasteiger partial charge in [0.15, 0.2) is 0 Å². The summed E-state index contributed by atoms with van der Waals surface area (Å²) in [6.45, 7) is 3.85. The molecule has 1 heterocycles. The van der Waals surface area contributed by atoms with E-state index < -0.39 is 10.2 Å². The van der Waals surface area contributed by atoms with Crippen LogP contribution < -0.4 is 14.4 Å². The summed E-state index contributed by atoms with van der Waals surface area (Å²) in [5, 5.41) is 3.07. The third-order valence-corrected chi connectivity index (χ3v) is 7.71. The number of nitrogens with zero attached hydrogens (tertiary/aromatic N) is 2. The van der Waals surface area contributed by atoms with Crippen molar-refractivity contribution in [3.8, 4) is 5.75 Å². The van der Waals surface area contributed by atoms with Crippen molar-refractivity contribution in [2.45, 2.75) is 44.8 Å². The highest BCUT2D eigenvalue weighted by atomic mass is 32.2. The molecule has 0 unspecified atom stereocenters. The lowest BCUT2D eigenvalue weighted by Gasteiger charge is -2.41. The number of hydrogen-bond donors (Lipinski definition) is 1. The SMILES string of the molecule is CCC1(CC)C[C@H](NC(=O)CN(c2ccccc2)S(=O)(=O)N(C)C)c2ccccc2O1. The molecule has 2 aromatic carbocycles. The Hall–Kier alpha value is -2.58. The second-order valence-corrected chi connectivity index (χ2v) is 10.1. The summed E-state index contributed by atoms with van der Waals surface area (Å²) in [6.07, 6.45) is 2.26. The monoisotopic (exact) mass is 445 g/mol. The second-order valence-electron chi connectivity index (χ2n) is 7.99. The number of rotatable bonds is 8. The quantitative estimate of drug-likeness (QED) is 0.675. The zero-order valence-electron chi connectivity index (χ0n) is 18.5. The number of amides is 1. The number of ether oxygens (including phenoxy) is 1. The van der Waals surface area contributed by atoms with E-state index >= 15 is 0 Å². The Morgan fingerprint density at radius 2 is 1.68 bits per heavy atom. The maximum absolute atomic E-state index is 13.1. The van der Waals surface area contributed by atoms with Crippen LogP contribution in [0.4, 0.5) is 5.69 Å². The lowest BCUT2D eigenvalue weighted by atomic mass is 9.83. The van der Waals surface area contributed by atoms with Gasteiger partial charge in [0.05, 0.1) is 11.7 Å². The molecule has 0 saturated heterocycles. The summed E-state index contributed by atoms with van der Waals surface area (Å²) < 4.78 is 34.3. The van der Waals surface area contributed by atoms with Crippen LogP contribution in [0, 0.1) is 0 Å². The second kappa shape index (κ2) is 9.28. The van der Waals surface area contributed by atoms with E-state index in [9.17, 15) is 13.2 Å². The minimum Gasteiger partial charge on any atom is -0.487 e. The van der Waals surface area contributed by atoms with Crippen molar-refractivity contribution in [2.24, 2.45) is 0 Å². The maximum Gasteiger partial charge on any atom is 0.304 e. The number of carbonyl (C=O) groups excluding carboxylic acids is 1. The minimum absolute atomic E-state index is 0.253. The van der Waals surface area contributed by atoms with Gasteiger partial charge in [-0.2, -0.15) is 12.7 Å². The topological polar surface area (TPSA) is 79.0 Å². The molecule has 1 amide bonds. The van der Waals surface area contributed by atoms with Gasteiger partial charge >= 0.3 is 10.2 Å². The molecule has 1 aliphatic rings. The van der Waals surface area contributed by atoms with Crippen molar-refractivity contribution in [1.29, 1.82) is 0 Å². The zero-order valence-corrected chi connectivity index (χ0v) is 19.4. The lowest BCUT2D eigenvalue weighted by Crippen LogP contribution is -2.49. The number of anilines is 1. The standard InChI is InChI=1S/C23H31N3O4S/c1-5-23(6-2)16-20(19-14-10-11-15-21(19)30-23)24-22(27)17-26(31(28,29)25(3)4)18-12-8-7-9-13-18/h7-15,20H,5-6,16-17H2,1-4H3,(H,24,27)/t20-/m0/s1. The fourth-order valence-electron chi connectivity index (χ4n) is 3.90. The summed E-state index contributed by atoms with van der Waals surface area (Å²) >= 11 is 0. The predicted octanol–water partition coefficient (Wildman–Crippen LogP) is 3.50. The van der Waals surface area contributed by atoms with Crippen molar-refractivity contribution in [2.75, 3.05) is 24.9 Å². The first kappa shape index (κ1) is 23.1. The molecular formula is C23H31N3O4S.